The van der Waals surface area contributed by atoms with E-state index in [-0.39, 0.29) is 24.0 Å². The number of hydrogen-bond donors (Lipinski definition) is 0. The second-order valence-electron chi connectivity index (χ2n) is 11.7. The van der Waals surface area contributed by atoms with E-state index in [4.69, 9.17) is 11.6 Å². The Kier molecular flexibility index (Phi) is 8.93. The van der Waals surface area contributed by atoms with E-state index in [1.54, 1.807) is 0 Å². The van der Waals surface area contributed by atoms with Crippen LogP contribution in [0, 0.1) is 0 Å². The molecule has 1 aliphatic carbocycles. The lowest BCUT2D eigenvalue weighted by Crippen LogP contribution is -3.00. The van der Waals surface area contributed by atoms with Crippen LogP contribution < -0.4 is 29.3 Å². The monoisotopic (exact) mass is 696 g/mol. The molecule has 0 fully saturated rings. The van der Waals surface area contributed by atoms with E-state index in [0.717, 1.165) is 31.0 Å². The molecule has 218 valence electrons. The maximum atomic E-state index is 7.09. The van der Waals surface area contributed by atoms with E-state index in [9.17, 15) is 0 Å². The lowest BCUT2D eigenvalue weighted by atomic mass is 10.0. The number of halogens is 2. The molecule has 0 radical (unpaired) electrons. The molecule has 2 nitrogen and oxygen atoms in total. The highest BCUT2D eigenvalue weighted by atomic mass is 127. The lowest BCUT2D eigenvalue weighted by Gasteiger charge is -2.05. The molecule has 43 heavy (non-hydrogen) atoms. The average molecular weight is 697 g/mol. The molecular weight excluding hydrogens is 659 g/mol. The first-order valence-electron chi connectivity index (χ1n) is 15.6. The van der Waals surface area contributed by atoms with Crippen LogP contribution in [0.25, 0.3) is 38.5 Å². The fourth-order valence-electron chi connectivity index (χ4n) is 6.91. The quantitative estimate of drug-likeness (QED) is 0.116. The van der Waals surface area contributed by atoms with Gasteiger partial charge in [0, 0.05) is 51.8 Å². The molecule has 2 aliphatic rings. The molecular formula is C39H38ClIN2. The van der Waals surface area contributed by atoms with Gasteiger partial charge in [0.15, 0.2) is 0 Å². The summed E-state index contributed by atoms with van der Waals surface area (Å²) in [6.07, 6.45) is 15.8. The van der Waals surface area contributed by atoms with E-state index in [1.807, 2.05) is 0 Å². The minimum atomic E-state index is 0. The van der Waals surface area contributed by atoms with E-state index >= 15 is 0 Å². The molecule has 0 saturated heterocycles. The molecule has 4 heteroatoms. The van der Waals surface area contributed by atoms with E-state index in [0.29, 0.717) is 0 Å². The molecule has 0 N–H and O–H groups in total. The summed E-state index contributed by atoms with van der Waals surface area (Å²) in [4.78, 5) is 0. The van der Waals surface area contributed by atoms with Crippen molar-refractivity contribution >= 4 is 61.5 Å². The third-order valence-electron chi connectivity index (χ3n) is 9.06. The average Bonchev–Trinajstić information content (AvgIpc) is 3.64. The van der Waals surface area contributed by atoms with Crippen molar-refractivity contribution in [1.82, 2.24) is 4.57 Å². The first kappa shape index (κ1) is 29.9. The normalized spacial score (nSPS) is 16.3. The van der Waals surface area contributed by atoms with Gasteiger partial charge in [-0.3, -0.25) is 0 Å². The van der Waals surface area contributed by atoms with Crippen molar-refractivity contribution in [1.29, 1.82) is 0 Å². The summed E-state index contributed by atoms with van der Waals surface area (Å²) in [5, 5.41) is 8.88. The van der Waals surface area contributed by atoms with Crippen molar-refractivity contribution in [2.75, 3.05) is 6.54 Å². The molecule has 5 aromatic rings. The molecule has 0 saturated carbocycles. The zero-order valence-electron chi connectivity index (χ0n) is 25.0. The van der Waals surface area contributed by atoms with E-state index < -0.39 is 0 Å². The van der Waals surface area contributed by atoms with Gasteiger partial charge < -0.3 is 28.5 Å². The van der Waals surface area contributed by atoms with Crippen LogP contribution in [0.3, 0.4) is 0 Å². The van der Waals surface area contributed by atoms with Gasteiger partial charge in [0.2, 0.25) is 11.4 Å². The summed E-state index contributed by atoms with van der Waals surface area (Å²) in [7, 11) is 0. The van der Waals surface area contributed by atoms with Crippen LogP contribution in [0.15, 0.2) is 107 Å². The van der Waals surface area contributed by atoms with Crippen LogP contribution in [0.5, 0.6) is 0 Å². The van der Waals surface area contributed by atoms with Crippen molar-refractivity contribution < 1.29 is 28.6 Å². The van der Waals surface area contributed by atoms with Crippen LogP contribution in [0.2, 0.25) is 0 Å². The second-order valence-corrected chi connectivity index (χ2v) is 12.1. The van der Waals surface area contributed by atoms with Crippen LogP contribution in [-0.4, -0.2) is 21.4 Å². The van der Waals surface area contributed by atoms with Crippen molar-refractivity contribution in [2.45, 2.75) is 58.9 Å². The third-order valence-corrected chi connectivity index (χ3v) is 9.55. The minimum absolute atomic E-state index is 0. The maximum absolute atomic E-state index is 7.09. The van der Waals surface area contributed by atoms with Gasteiger partial charge in [0.25, 0.3) is 0 Å². The Hall–Kier alpha value is -3.15. The van der Waals surface area contributed by atoms with Crippen molar-refractivity contribution in [3.63, 3.8) is 0 Å². The highest BCUT2D eigenvalue weighted by molar-refractivity contribution is 6.33. The molecule has 1 aromatic heterocycles. The largest absolute Gasteiger partial charge is 1.00 e. The van der Waals surface area contributed by atoms with Gasteiger partial charge in [0.05, 0.1) is 10.9 Å². The predicted octanol–water partition coefficient (Wildman–Crippen LogP) is 6.97. The zero-order chi connectivity index (χ0) is 28.6. The Morgan fingerprint density at radius 2 is 1.51 bits per heavy atom. The Morgan fingerprint density at radius 3 is 2.30 bits per heavy atom. The summed E-state index contributed by atoms with van der Waals surface area (Å²) in [6, 6.07) is 26.7. The fraction of sp³-hybridized carbons (Fsp3) is 0.256. The molecule has 1 aliphatic heterocycles. The van der Waals surface area contributed by atoms with Crippen LogP contribution in [0.4, 0.5) is 5.69 Å². The SMILES string of the molecule is CCCCn1c(=CC=C2CCC(C=CC3=[N+](CCCC)c4cccc5cccc3c45)=C2Cl)c2cccc3cccc1c32.[I-]. The lowest BCUT2D eigenvalue weighted by molar-refractivity contribution is -0.436. The number of benzene rings is 4. The summed E-state index contributed by atoms with van der Waals surface area (Å²) < 4.78 is 5.01. The molecule has 2 heterocycles. The van der Waals surface area contributed by atoms with Gasteiger partial charge in [-0.1, -0.05) is 105 Å². The molecule has 0 bridgehead atoms. The highest BCUT2D eigenvalue weighted by Gasteiger charge is 2.30. The molecule has 0 unspecified atom stereocenters. The number of unbranched alkanes of at least 4 members (excludes halogenated alkanes) is 2. The van der Waals surface area contributed by atoms with E-state index in [2.05, 4.69) is 120 Å². The maximum Gasteiger partial charge on any atom is 0.214 e. The van der Waals surface area contributed by atoms with Gasteiger partial charge in [-0.2, -0.15) is 4.58 Å². The number of aromatic nitrogens is 1. The Bertz CT molecular complexity index is 2010. The second kappa shape index (κ2) is 12.8. The molecule has 7 rings (SSSR count). The van der Waals surface area contributed by atoms with Crippen LogP contribution >= 0.6 is 11.6 Å². The summed E-state index contributed by atoms with van der Waals surface area (Å²) in [5.74, 6) is 0. The van der Waals surface area contributed by atoms with Gasteiger partial charge in [0.1, 0.15) is 6.54 Å². The number of nitrogens with zero attached hydrogens (tertiary/aromatic N) is 2. The van der Waals surface area contributed by atoms with Crippen LogP contribution in [-0.2, 0) is 6.54 Å². The van der Waals surface area contributed by atoms with Crippen molar-refractivity contribution in [2.24, 2.45) is 0 Å². The predicted molar refractivity (Wildman–Crippen MR) is 181 cm³/mol. The van der Waals surface area contributed by atoms with Crippen molar-refractivity contribution in [3.8, 4) is 0 Å². The fourth-order valence-corrected chi connectivity index (χ4v) is 7.23. The first-order valence-corrected chi connectivity index (χ1v) is 16.0. The Balaban J connectivity index is 0.00000329. The smallest absolute Gasteiger partial charge is 0.214 e. The van der Waals surface area contributed by atoms with Gasteiger partial charge in [-0.05, 0) is 59.4 Å². The minimum Gasteiger partial charge on any atom is -1.00 e. The molecule has 0 atom stereocenters. The summed E-state index contributed by atoms with van der Waals surface area (Å²) >= 11 is 7.09. The van der Waals surface area contributed by atoms with Gasteiger partial charge in [-0.25, -0.2) is 0 Å². The Labute approximate surface area is 276 Å². The van der Waals surface area contributed by atoms with Gasteiger partial charge in [-0.15, -0.1) is 0 Å². The third kappa shape index (κ3) is 5.29. The molecule has 4 aromatic carbocycles. The zero-order valence-corrected chi connectivity index (χ0v) is 28.0. The topological polar surface area (TPSA) is 7.94 Å². The van der Waals surface area contributed by atoms with Gasteiger partial charge >= 0.3 is 0 Å². The summed E-state index contributed by atoms with van der Waals surface area (Å²) in [6.45, 7) is 6.58. The van der Waals surface area contributed by atoms with Crippen molar-refractivity contribution in [3.05, 3.63) is 118 Å². The summed E-state index contributed by atoms with van der Waals surface area (Å²) in [5.41, 5.74) is 7.73. The number of hydrogen-bond acceptors (Lipinski definition) is 0. The first-order chi connectivity index (χ1) is 20.7. The molecule has 0 amide bonds. The standard InChI is InChI=1S/C39H38ClN2.HI/c1-3-5-25-41-33(31-15-7-11-27-13-9-17-35(41)37(27)31)23-21-29-19-20-30(39(29)40)22-24-34-32-16-8-12-28-14-10-18-36(38(28)32)42(34)26-6-4-2;/h7-18,21-24H,3-6,19-20,25-26H2,1-2H3;1H/q+1;/p-1. The number of allylic oxidation sites excluding steroid dienone is 6. The van der Waals surface area contributed by atoms with E-state index in [1.165, 1.54) is 91.6 Å². The highest BCUT2D eigenvalue weighted by Crippen LogP contribution is 2.38. The number of aryl methyl sites for hydroxylation is 1. The Morgan fingerprint density at radius 1 is 0.791 bits per heavy atom. The number of rotatable bonds is 9. The van der Waals surface area contributed by atoms with Crippen LogP contribution in [0.1, 0.15) is 57.9 Å². The molecule has 0 spiro atoms.